The van der Waals surface area contributed by atoms with Gasteiger partial charge in [-0.05, 0) is 37.5 Å². The first kappa shape index (κ1) is 19.2. The molecule has 7 nitrogen and oxygen atoms in total. The van der Waals surface area contributed by atoms with Gasteiger partial charge in [0, 0.05) is 62.8 Å². The Morgan fingerprint density at radius 1 is 1.07 bits per heavy atom. The highest BCUT2D eigenvalue weighted by molar-refractivity contribution is 6.30. The van der Waals surface area contributed by atoms with Crippen LogP contribution in [0.15, 0.2) is 29.1 Å². The van der Waals surface area contributed by atoms with E-state index in [2.05, 4.69) is 10.00 Å². The molecule has 8 heteroatoms. The van der Waals surface area contributed by atoms with Crippen LogP contribution in [-0.2, 0) is 19.5 Å². The molecule has 4 rings (SSSR count). The van der Waals surface area contributed by atoms with E-state index in [4.69, 9.17) is 11.6 Å². The summed E-state index contributed by atoms with van der Waals surface area (Å²) < 4.78 is 3.45. The third kappa shape index (κ3) is 4.15. The van der Waals surface area contributed by atoms with E-state index in [-0.39, 0.29) is 11.6 Å². The first-order valence-corrected chi connectivity index (χ1v) is 10.4. The fourth-order valence-corrected chi connectivity index (χ4v) is 4.21. The van der Waals surface area contributed by atoms with Crippen LogP contribution in [0.25, 0.3) is 0 Å². The largest absolute Gasteiger partial charge is 0.345 e. The van der Waals surface area contributed by atoms with Gasteiger partial charge >= 0.3 is 5.69 Å². The molecule has 3 heterocycles. The molecule has 1 aromatic carbocycles. The summed E-state index contributed by atoms with van der Waals surface area (Å²) in [5.74, 6) is 0.974. The third-order valence-corrected chi connectivity index (χ3v) is 5.84. The summed E-state index contributed by atoms with van der Waals surface area (Å²) in [6.07, 6.45) is 3.98. The van der Waals surface area contributed by atoms with E-state index in [1.54, 1.807) is 16.8 Å². The number of hydrogen-bond acceptors (Lipinski definition) is 4. The smallest absolute Gasteiger partial charge is 0.336 e. The lowest BCUT2D eigenvalue weighted by Crippen LogP contribution is -2.49. The van der Waals surface area contributed by atoms with Crippen LogP contribution in [0.4, 0.5) is 0 Å². The monoisotopic (exact) mass is 403 g/mol. The Morgan fingerprint density at radius 2 is 1.89 bits per heavy atom. The summed E-state index contributed by atoms with van der Waals surface area (Å²) in [7, 11) is 0. The summed E-state index contributed by atoms with van der Waals surface area (Å²) in [5.41, 5.74) is 0.677. The highest BCUT2D eigenvalue weighted by atomic mass is 35.5. The van der Waals surface area contributed by atoms with E-state index in [0.29, 0.717) is 30.2 Å². The molecule has 2 aliphatic rings. The van der Waals surface area contributed by atoms with Gasteiger partial charge in [-0.1, -0.05) is 17.7 Å². The van der Waals surface area contributed by atoms with Gasteiger partial charge < -0.3 is 4.90 Å². The zero-order chi connectivity index (χ0) is 19.5. The molecule has 2 aliphatic heterocycles. The predicted octanol–water partition coefficient (Wildman–Crippen LogP) is 1.88. The van der Waals surface area contributed by atoms with Crippen molar-refractivity contribution in [1.29, 1.82) is 0 Å². The van der Waals surface area contributed by atoms with Gasteiger partial charge in [-0.2, -0.15) is 5.10 Å². The maximum atomic E-state index is 12.6. The number of carbonyl (C=O) groups is 1. The van der Waals surface area contributed by atoms with Gasteiger partial charge in [-0.15, -0.1) is 0 Å². The molecule has 0 atom stereocenters. The minimum absolute atomic E-state index is 0.0339. The van der Waals surface area contributed by atoms with Crippen molar-refractivity contribution in [2.24, 2.45) is 0 Å². The van der Waals surface area contributed by atoms with Gasteiger partial charge in [0.25, 0.3) is 5.91 Å². The van der Waals surface area contributed by atoms with Crippen molar-refractivity contribution in [3.8, 4) is 0 Å². The summed E-state index contributed by atoms with van der Waals surface area (Å²) in [6, 6.07) is 7.11. The van der Waals surface area contributed by atoms with Crippen LogP contribution in [0.2, 0.25) is 5.02 Å². The van der Waals surface area contributed by atoms with Crippen LogP contribution in [0.3, 0.4) is 0 Å². The van der Waals surface area contributed by atoms with E-state index in [9.17, 15) is 9.59 Å². The lowest BCUT2D eigenvalue weighted by atomic mass is 10.2. The minimum atomic E-state index is 0.0339. The van der Waals surface area contributed by atoms with Crippen molar-refractivity contribution in [2.75, 3.05) is 32.7 Å². The Kier molecular flexibility index (Phi) is 5.82. The Balaban J connectivity index is 1.24. The summed E-state index contributed by atoms with van der Waals surface area (Å²) in [4.78, 5) is 29.2. The first-order chi connectivity index (χ1) is 13.6. The van der Waals surface area contributed by atoms with Crippen molar-refractivity contribution < 1.29 is 4.79 Å². The van der Waals surface area contributed by atoms with E-state index < -0.39 is 0 Å². The van der Waals surface area contributed by atoms with Crippen molar-refractivity contribution in [2.45, 2.75) is 38.8 Å². The highest BCUT2D eigenvalue weighted by Crippen LogP contribution is 2.14. The SMILES string of the molecule is O=C(c1cccc(Cl)c1)N1CCN(CCCn2nc3n(c2=O)CCCC3)CC1. The average Bonchev–Trinajstić information content (AvgIpc) is 3.04. The molecule has 0 spiro atoms. The maximum absolute atomic E-state index is 12.6. The fourth-order valence-electron chi connectivity index (χ4n) is 4.02. The van der Waals surface area contributed by atoms with Crippen LogP contribution in [-0.4, -0.2) is 62.8 Å². The molecule has 150 valence electrons. The van der Waals surface area contributed by atoms with Gasteiger partial charge in [0.05, 0.1) is 0 Å². The first-order valence-electron chi connectivity index (χ1n) is 10.1. The van der Waals surface area contributed by atoms with Crippen LogP contribution in [0.1, 0.15) is 35.4 Å². The third-order valence-electron chi connectivity index (χ3n) is 5.61. The number of piperazine rings is 1. The van der Waals surface area contributed by atoms with Gasteiger partial charge in [0.1, 0.15) is 5.82 Å². The van der Waals surface area contributed by atoms with Crippen LogP contribution in [0.5, 0.6) is 0 Å². The number of benzene rings is 1. The number of amides is 1. The Labute approximate surface area is 169 Å². The van der Waals surface area contributed by atoms with Crippen LogP contribution < -0.4 is 5.69 Å². The van der Waals surface area contributed by atoms with Gasteiger partial charge in [0.15, 0.2) is 0 Å². The Bertz CT molecular complexity index is 898. The lowest BCUT2D eigenvalue weighted by molar-refractivity contribution is 0.0634. The second-order valence-corrected chi connectivity index (χ2v) is 7.96. The molecular weight excluding hydrogens is 378 g/mol. The molecule has 2 aromatic rings. The van der Waals surface area contributed by atoms with E-state index in [0.717, 1.165) is 57.7 Å². The molecule has 0 N–H and O–H groups in total. The van der Waals surface area contributed by atoms with Crippen LogP contribution >= 0.6 is 11.6 Å². The van der Waals surface area contributed by atoms with Crippen molar-refractivity contribution in [1.82, 2.24) is 24.1 Å². The number of fused-ring (bicyclic) bond motifs is 1. The fraction of sp³-hybridized carbons (Fsp3) is 0.550. The number of halogens is 1. The molecule has 28 heavy (non-hydrogen) atoms. The standard InChI is InChI=1S/C20H26ClN5O2/c21-17-6-3-5-16(15-17)19(27)24-13-11-23(12-14-24)8-4-10-26-20(28)25-9-2-1-7-18(25)22-26/h3,5-6,15H,1-2,4,7-14H2. The van der Waals surface area contributed by atoms with Crippen molar-refractivity contribution in [3.05, 3.63) is 51.2 Å². The predicted molar refractivity (Wildman–Crippen MR) is 108 cm³/mol. The second kappa shape index (κ2) is 8.49. The van der Waals surface area contributed by atoms with E-state index >= 15 is 0 Å². The van der Waals surface area contributed by atoms with Crippen molar-refractivity contribution >= 4 is 17.5 Å². The molecule has 1 amide bonds. The van der Waals surface area contributed by atoms with Gasteiger partial charge in [-0.25, -0.2) is 9.48 Å². The number of carbonyl (C=O) groups excluding carboxylic acids is 1. The molecule has 0 bridgehead atoms. The van der Waals surface area contributed by atoms with Gasteiger partial charge in [-0.3, -0.25) is 14.3 Å². The van der Waals surface area contributed by atoms with E-state index in [1.807, 2.05) is 21.6 Å². The molecular formula is C20H26ClN5O2. The quantitative estimate of drug-likeness (QED) is 0.764. The number of rotatable bonds is 5. The zero-order valence-electron chi connectivity index (χ0n) is 16.0. The van der Waals surface area contributed by atoms with E-state index in [1.165, 1.54) is 0 Å². The Morgan fingerprint density at radius 3 is 2.64 bits per heavy atom. The minimum Gasteiger partial charge on any atom is -0.336 e. The highest BCUT2D eigenvalue weighted by Gasteiger charge is 2.22. The number of nitrogens with zero attached hydrogens (tertiary/aromatic N) is 5. The number of hydrogen-bond donors (Lipinski definition) is 0. The average molecular weight is 404 g/mol. The Hall–Kier alpha value is -2.12. The normalized spacial score (nSPS) is 17.5. The molecule has 1 fully saturated rings. The molecule has 0 unspecified atom stereocenters. The molecule has 0 aliphatic carbocycles. The summed E-state index contributed by atoms with van der Waals surface area (Å²) >= 11 is 5.99. The summed E-state index contributed by atoms with van der Waals surface area (Å²) in [5, 5.41) is 5.08. The maximum Gasteiger partial charge on any atom is 0.345 e. The lowest BCUT2D eigenvalue weighted by Gasteiger charge is -2.34. The van der Waals surface area contributed by atoms with Crippen molar-refractivity contribution in [3.63, 3.8) is 0 Å². The molecule has 0 radical (unpaired) electrons. The summed E-state index contributed by atoms with van der Waals surface area (Å²) in [6.45, 7) is 5.49. The molecule has 1 aromatic heterocycles. The second-order valence-electron chi connectivity index (χ2n) is 7.53. The molecule has 0 saturated carbocycles. The number of aromatic nitrogens is 3. The molecule has 1 saturated heterocycles. The topological polar surface area (TPSA) is 63.4 Å². The van der Waals surface area contributed by atoms with Gasteiger partial charge in [0.2, 0.25) is 0 Å². The van der Waals surface area contributed by atoms with Crippen LogP contribution in [0, 0.1) is 0 Å². The number of aryl methyl sites for hydroxylation is 2. The zero-order valence-corrected chi connectivity index (χ0v) is 16.8.